The van der Waals surface area contributed by atoms with E-state index in [2.05, 4.69) is 22.8 Å². The van der Waals surface area contributed by atoms with Crippen LogP contribution in [0.4, 0.5) is 0 Å². The number of hydrogen-bond donors (Lipinski definition) is 1. The molecule has 1 N–H and O–H groups in total. The second-order valence-corrected chi connectivity index (χ2v) is 6.41. The summed E-state index contributed by atoms with van der Waals surface area (Å²) in [6, 6.07) is 8.12. The summed E-state index contributed by atoms with van der Waals surface area (Å²) in [7, 11) is 1.99. The summed E-state index contributed by atoms with van der Waals surface area (Å²) in [5.41, 5.74) is 0.822. The minimum absolute atomic E-state index is 0. The highest BCUT2D eigenvalue weighted by Gasteiger charge is 2.23. The molecular formula is C16H21ClN2OS. The summed E-state index contributed by atoms with van der Waals surface area (Å²) in [6.07, 6.45) is 2.21. The van der Waals surface area contributed by atoms with Crippen LogP contribution in [0.3, 0.4) is 0 Å². The molecule has 3 rings (SSSR count). The van der Waals surface area contributed by atoms with E-state index in [1.54, 1.807) is 11.3 Å². The number of benzene rings is 1. The van der Waals surface area contributed by atoms with Crippen molar-refractivity contribution < 1.29 is 4.79 Å². The first-order chi connectivity index (χ1) is 9.78. The van der Waals surface area contributed by atoms with Crippen LogP contribution in [0, 0.1) is 5.92 Å². The van der Waals surface area contributed by atoms with Crippen LogP contribution in [0.25, 0.3) is 10.1 Å². The molecule has 0 spiro atoms. The van der Waals surface area contributed by atoms with Crippen LogP contribution in [0.2, 0.25) is 0 Å². The van der Waals surface area contributed by atoms with E-state index in [9.17, 15) is 4.79 Å². The predicted molar refractivity (Wildman–Crippen MR) is 91.6 cm³/mol. The number of carbonyl (C=O) groups is 1. The van der Waals surface area contributed by atoms with Crippen LogP contribution < -0.4 is 5.32 Å². The van der Waals surface area contributed by atoms with Gasteiger partial charge in [0.25, 0.3) is 5.91 Å². The van der Waals surface area contributed by atoms with E-state index >= 15 is 0 Å². The van der Waals surface area contributed by atoms with Gasteiger partial charge in [0.05, 0.1) is 0 Å². The number of hydrogen-bond acceptors (Lipinski definition) is 3. The van der Waals surface area contributed by atoms with Crippen LogP contribution >= 0.6 is 23.7 Å². The van der Waals surface area contributed by atoms with Crippen LogP contribution in [0.1, 0.15) is 23.2 Å². The fraction of sp³-hybridized carbons (Fsp3) is 0.438. The minimum atomic E-state index is 0. The van der Waals surface area contributed by atoms with E-state index in [1.807, 2.05) is 24.1 Å². The summed E-state index contributed by atoms with van der Waals surface area (Å²) in [5, 5.41) is 6.47. The Morgan fingerprint density at radius 2 is 2.10 bits per heavy atom. The fourth-order valence-corrected chi connectivity index (χ4v) is 3.68. The van der Waals surface area contributed by atoms with Crippen molar-refractivity contribution in [2.24, 2.45) is 5.92 Å². The number of halogens is 1. The maximum absolute atomic E-state index is 12.5. The van der Waals surface area contributed by atoms with Gasteiger partial charge in [-0.05, 0) is 67.4 Å². The molecule has 1 aromatic carbocycles. The summed E-state index contributed by atoms with van der Waals surface area (Å²) in [6.45, 7) is 2.82. The van der Waals surface area contributed by atoms with E-state index in [-0.39, 0.29) is 18.3 Å². The lowest BCUT2D eigenvalue weighted by molar-refractivity contribution is 0.0691. The quantitative estimate of drug-likeness (QED) is 0.938. The Morgan fingerprint density at radius 1 is 1.33 bits per heavy atom. The normalized spacial score (nSPS) is 16.0. The molecule has 0 unspecified atom stereocenters. The van der Waals surface area contributed by atoms with Crippen LogP contribution in [-0.2, 0) is 0 Å². The number of rotatable bonds is 3. The Hall–Kier alpha value is -1.10. The number of piperidine rings is 1. The Labute approximate surface area is 135 Å². The molecule has 0 atom stereocenters. The fourth-order valence-electron chi connectivity index (χ4n) is 2.91. The highest BCUT2D eigenvalue weighted by molar-refractivity contribution is 7.17. The highest BCUT2D eigenvalue weighted by Crippen LogP contribution is 2.24. The van der Waals surface area contributed by atoms with Crippen LogP contribution in [0.15, 0.2) is 29.6 Å². The van der Waals surface area contributed by atoms with Crippen molar-refractivity contribution in [2.75, 3.05) is 26.7 Å². The molecule has 1 aliphatic rings. The maximum atomic E-state index is 12.5. The SMILES string of the molecule is CNCC1CCN(C(=O)c2ccc3sccc3c2)CC1.Cl. The highest BCUT2D eigenvalue weighted by atomic mass is 35.5. The van der Waals surface area contributed by atoms with Crippen molar-refractivity contribution >= 4 is 39.7 Å². The zero-order chi connectivity index (χ0) is 13.9. The van der Waals surface area contributed by atoms with Gasteiger partial charge in [0.15, 0.2) is 0 Å². The number of likely N-dealkylation sites (tertiary alicyclic amines) is 1. The second kappa shape index (κ2) is 7.25. The predicted octanol–water partition coefficient (Wildman–Crippen LogP) is 3.39. The van der Waals surface area contributed by atoms with E-state index in [4.69, 9.17) is 0 Å². The minimum Gasteiger partial charge on any atom is -0.339 e. The molecule has 3 nitrogen and oxygen atoms in total. The Kier molecular flexibility index (Phi) is 5.62. The molecule has 114 valence electrons. The van der Waals surface area contributed by atoms with Crippen molar-refractivity contribution in [2.45, 2.75) is 12.8 Å². The second-order valence-electron chi connectivity index (χ2n) is 5.47. The lowest BCUT2D eigenvalue weighted by Crippen LogP contribution is -2.40. The summed E-state index contributed by atoms with van der Waals surface area (Å²) in [4.78, 5) is 14.5. The number of carbonyl (C=O) groups excluding carboxylic acids is 1. The molecule has 1 fully saturated rings. The molecule has 2 aromatic rings. The third kappa shape index (κ3) is 3.57. The average Bonchev–Trinajstić information content (AvgIpc) is 2.95. The number of nitrogens with zero attached hydrogens (tertiary/aromatic N) is 1. The van der Waals surface area contributed by atoms with Gasteiger partial charge in [0.2, 0.25) is 0 Å². The van der Waals surface area contributed by atoms with E-state index < -0.39 is 0 Å². The zero-order valence-electron chi connectivity index (χ0n) is 12.2. The molecule has 2 heterocycles. The summed E-state index contributed by atoms with van der Waals surface area (Å²) in [5.74, 6) is 0.893. The summed E-state index contributed by atoms with van der Waals surface area (Å²) < 4.78 is 1.24. The molecular weight excluding hydrogens is 304 g/mol. The van der Waals surface area contributed by atoms with Crippen molar-refractivity contribution in [3.8, 4) is 0 Å². The molecule has 1 aromatic heterocycles. The standard InChI is InChI=1S/C16H20N2OS.ClH/c1-17-11-12-4-7-18(8-5-12)16(19)14-2-3-15-13(10-14)6-9-20-15;/h2-3,6,9-10,12,17H,4-5,7-8,11H2,1H3;1H. The number of fused-ring (bicyclic) bond motifs is 1. The van der Waals surface area contributed by atoms with Gasteiger partial charge in [-0.15, -0.1) is 23.7 Å². The van der Waals surface area contributed by atoms with Gasteiger partial charge in [-0.3, -0.25) is 4.79 Å². The average molecular weight is 325 g/mol. The number of thiophene rings is 1. The van der Waals surface area contributed by atoms with Crippen molar-refractivity contribution in [1.82, 2.24) is 10.2 Å². The van der Waals surface area contributed by atoms with Gasteiger partial charge in [0.1, 0.15) is 0 Å². The topological polar surface area (TPSA) is 32.3 Å². The lowest BCUT2D eigenvalue weighted by atomic mass is 9.96. The molecule has 0 aliphatic carbocycles. The van der Waals surface area contributed by atoms with Crippen LogP contribution in [-0.4, -0.2) is 37.5 Å². The Bertz CT molecular complexity index is 605. The largest absolute Gasteiger partial charge is 0.339 e. The Balaban J connectivity index is 0.00000161. The van der Waals surface area contributed by atoms with Gasteiger partial charge in [-0.2, -0.15) is 0 Å². The molecule has 1 saturated heterocycles. The van der Waals surface area contributed by atoms with E-state index in [0.717, 1.165) is 38.0 Å². The van der Waals surface area contributed by atoms with Gasteiger partial charge >= 0.3 is 0 Å². The smallest absolute Gasteiger partial charge is 0.253 e. The number of amides is 1. The van der Waals surface area contributed by atoms with Crippen molar-refractivity contribution in [3.63, 3.8) is 0 Å². The van der Waals surface area contributed by atoms with Crippen molar-refractivity contribution in [3.05, 3.63) is 35.2 Å². The molecule has 1 aliphatic heterocycles. The molecule has 1 amide bonds. The van der Waals surface area contributed by atoms with Crippen molar-refractivity contribution in [1.29, 1.82) is 0 Å². The first kappa shape index (κ1) is 16.3. The molecule has 5 heteroatoms. The van der Waals surface area contributed by atoms with E-state index in [0.29, 0.717) is 5.92 Å². The Morgan fingerprint density at radius 3 is 2.81 bits per heavy atom. The zero-order valence-corrected chi connectivity index (χ0v) is 13.8. The van der Waals surface area contributed by atoms with Gasteiger partial charge in [-0.1, -0.05) is 0 Å². The molecule has 0 saturated carbocycles. The molecule has 0 bridgehead atoms. The van der Waals surface area contributed by atoms with Crippen LogP contribution in [0.5, 0.6) is 0 Å². The maximum Gasteiger partial charge on any atom is 0.253 e. The van der Waals surface area contributed by atoms with E-state index in [1.165, 1.54) is 10.1 Å². The van der Waals surface area contributed by atoms with Gasteiger partial charge < -0.3 is 10.2 Å². The molecule has 0 radical (unpaired) electrons. The first-order valence-electron chi connectivity index (χ1n) is 7.19. The lowest BCUT2D eigenvalue weighted by Gasteiger charge is -2.32. The first-order valence-corrected chi connectivity index (χ1v) is 8.07. The van der Waals surface area contributed by atoms with Gasteiger partial charge in [-0.25, -0.2) is 0 Å². The number of nitrogens with one attached hydrogen (secondary N) is 1. The van der Waals surface area contributed by atoms with Gasteiger partial charge in [0, 0.05) is 23.4 Å². The third-order valence-corrected chi connectivity index (χ3v) is 4.99. The molecule has 21 heavy (non-hydrogen) atoms. The summed E-state index contributed by atoms with van der Waals surface area (Å²) >= 11 is 1.72. The third-order valence-electron chi connectivity index (χ3n) is 4.09. The monoisotopic (exact) mass is 324 g/mol.